The molecule has 0 saturated heterocycles. The average Bonchev–Trinajstić information content (AvgIpc) is 2.56. The quantitative estimate of drug-likeness (QED) is 0.519. The van der Waals surface area contributed by atoms with E-state index in [1.165, 1.54) is 0 Å². The van der Waals surface area contributed by atoms with Crippen molar-refractivity contribution in [3.63, 3.8) is 0 Å². The summed E-state index contributed by atoms with van der Waals surface area (Å²) < 4.78 is 6.87. The van der Waals surface area contributed by atoms with Crippen LogP contribution in [0.1, 0.15) is 6.92 Å². The van der Waals surface area contributed by atoms with Crippen molar-refractivity contribution in [3.8, 4) is 0 Å². The lowest BCUT2D eigenvalue weighted by Crippen LogP contribution is -2.10. The standard InChI is InChI=1S/C10H13NO2/c1-9(2)10(12)13-8-7-11-5-3-4-6-11/h3-6H,1,7-8H2,2H3. The fraction of sp³-hybridized carbons (Fsp3) is 0.300. The summed E-state index contributed by atoms with van der Waals surface area (Å²) in [6.07, 6.45) is 3.85. The zero-order valence-corrected chi connectivity index (χ0v) is 7.69. The van der Waals surface area contributed by atoms with E-state index < -0.39 is 0 Å². The van der Waals surface area contributed by atoms with Gasteiger partial charge in [0.2, 0.25) is 0 Å². The molecule has 1 heterocycles. The molecule has 0 aliphatic heterocycles. The Hall–Kier alpha value is -1.51. The van der Waals surface area contributed by atoms with Crippen LogP contribution < -0.4 is 0 Å². The van der Waals surface area contributed by atoms with Gasteiger partial charge < -0.3 is 9.30 Å². The number of ether oxygens (including phenoxy) is 1. The summed E-state index contributed by atoms with van der Waals surface area (Å²) >= 11 is 0. The van der Waals surface area contributed by atoms with Crippen LogP contribution >= 0.6 is 0 Å². The van der Waals surface area contributed by atoms with Gasteiger partial charge in [0.05, 0.1) is 6.54 Å². The highest BCUT2D eigenvalue weighted by Crippen LogP contribution is 1.94. The third-order valence-electron chi connectivity index (χ3n) is 1.60. The third-order valence-corrected chi connectivity index (χ3v) is 1.60. The van der Waals surface area contributed by atoms with Gasteiger partial charge in [-0.15, -0.1) is 0 Å². The van der Waals surface area contributed by atoms with Crippen LogP contribution in [0.5, 0.6) is 0 Å². The highest BCUT2D eigenvalue weighted by Gasteiger charge is 2.01. The second-order valence-electron chi connectivity index (χ2n) is 2.84. The van der Waals surface area contributed by atoms with Crippen LogP contribution in [-0.4, -0.2) is 17.1 Å². The lowest BCUT2D eigenvalue weighted by Gasteiger charge is -2.04. The van der Waals surface area contributed by atoms with Crippen LogP contribution in [-0.2, 0) is 16.1 Å². The third kappa shape index (κ3) is 3.15. The zero-order chi connectivity index (χ0) is 9.68. The molecule has 0 aromatic carbocycles. The van der Waals surface area contributed by atoms with Crippen LogP contribution in [0.25, 0.3) is 0 Å². The molecule has 0 spiro atoms. The van der Waals surface area contributed by atoms with Gasteiger partial charge in [0.15, 0.2) is 0 Å². The first-order chi connectivity index (χ1) is 6.20. The molecule has 1 aromatic rings. The Labute approximate surface area is 77.6 Å². The van der Waals surface area contributed by atoms with Gasteiger partial charge >= 0.3 is 5.97 Å². The van der Waals surface area contributed by atoms with Gasteiger partial charge in [-0.3, -0.25) is 0 Å². The first-order valence-corrected chi connectivity index (χ1v) is 4.13. The van der Waals surface area contributed by atoms with Gasteiger partial charge in [0.25, 0.3) is 0 Å². The summed E-state index contributed by atoms with van der Waals surface area (Å²) in [5.74, 6) is -0.327. The fourth-order valence-electron chi connectivity index (χ4n) is 0.886. The van der Waals surface area contributed by atoms with Gasteiger partial charge in [0.1, 0.15) is 6.61 Å². The molecule has 0 unspecified atom stereocenters. The maximum Gasteiger partial charge on any atom is 0.333 e. The molecule has 0 radical (unpaired) electrons. The molecule has 70 valence electrons. The van der Waals surface area contributed by atoms with E-state index in [0.29, 0.717) is 18.7 Å². The summed E-state index contributed by atoms with van der Waals surface area (Å²) in [6, 6.07) is 3.86. The minimum absolute atomic E-state index is 0.327. The maximum atomic E-state index is 10.9. The smallest absolute Gasteiger partial charge is 0.333 e. The van der Waals surface area contributed by atoms with Crippen molar-refractivity contribution in [2.75, 3.05) is 6.61 Å². The van der Waals surface area contributed by atoms with Crippen molar-refractivity contribution in [1.82, 2.24) is 4.57 Å². The number of rotatable bonds is 4. The first-order valence-electron chi connectivity index (χ1n) is 4.13. The van der Waals surface area contributed by atoms with Crippen molar-refractivity contribution < 1.29 is 9.53 Å². The molecule has 0 aliphatic rings. The lowest BCUT2D eigenvalue weighted by molar-refractivity contribution is -0.139. The molecule has 0 fully saturated rings. The van der Waals surface area contributed by atoms with Gasteiger partial charge in [-0.1, -0.05) is 6.58 Å². The Morgan fingerprint density at radius 2 is 2.08 bits per heavy atom. The van der Waals surface area contributed by atoms with Gasteiger partial charge in [-0.05, 0) is 19.1 Å². The molecule has 0 aliphatic carbocycles. The van der Waals surface area contributed by atoms with Crippen molar-refractivity contribution in [2.45, 2.75) is 13.5 Å². The molecule has 13 heavy (non-hydrogen) atoms. The predicted molar refractivity (Wildman–Crippen MR) is 50.2 cm³/mol. The highest BCUT2D eigenvalue weighted by molar-refractivity contribution is 5.86. The molecule has 0 bridgehead atoms. The second kappa shape index (κ2) is 4.50. The number of esters is 1. The van der Waals surface area contributed by atoms with Crippen molar-refractivity contribution in [3.05, 3.63) is 36.7 Å². The Morgan fingerprint density at radius 3 is 2.62 bits per heavy atom. The minimum Gasteiger partial charge on any atom is -0.460 e. The van der Waals surface area contributed by atoms with Gasteiger partial charge in [-0.2, -0.15) is 0 Å². The Morgan fingerprint density at radius 1 is 1.46 bits per heavy atom. The van der Waals surface area contributed by atoms with Crippen LogP contribution in [0, 0.1) is 0 Å². The molecule has 1 rings (SSSR count). The predicted octanol–water partition coefficient (Wildman–Crippen LogP) is 1.61. The molecule has 3 nitrogen and oxygen atoms in total. The molecule has 1 aromatic heterocycles. The molecular weight excluding hydrogens is 166 g/mol. The lowest BCUT2D eigenvalue weighted by atomic mass is 10.4. The van der Waals surface area contributed by atoms with E-state index in [9.17, 15) is 4.79 Å². The van der Waals surface area contributed by atoms with Gasteiger partial charge in [-0.25, -0.2) is 4.79 Å². The molecule has 3 heteroatoms. The van der Waals surface area contributed by atoms with Crippen LogP contribution in [0.3, 0.4) is 0 Å². The monoisotopic (exact) mass is 179 g/mol. The average molecular weight is 179 g/mol. The number of carbonyl (C=O) groups excluding carboxylic acids is 1. The second-order valence-corrected chi connectivity index (χ2v) is 2.84. The van der Waals surface area contributed by atoms with E-state index in [-0.39, 0.29) is 5.97 Å². The van der Waals surface area contributed by atoms with E-state index in [2.05, 4.69) is 6.58 Å². The van der Waals surface area contributed by atoms with Crippen molar-refractivity contribution in [1.29, 1.82) is 0 Å². The topological polar surface area (TPSA) is 31.2 Å². The zero-order valence-electron chi connectivity index (χ0n) is 7.69. The van der Waals surface area contributed by atoms with E-state index in [1.54, 1.807) is 6.92 Å². The Balaban J connectivity index is 2.22. The number of nitrogens with zero attached hydrogens (tertiary/aromatic N) is 1. The summed E-state index contributed by atoms with van der Waals surface area (Å²) in [6.45, 7) is 6.20. The maximum absolute atomic E-state index is 10.9. The van der Waals surface area contributed by atoms with Gasteiger partial charge in [0, 0.05) is 18.0 Å². The number of carbonyl (C=O) groups is 1. The molecule has 0 atom stereocenters. The molecule has 0 N–H and O–H groups in total. The Kier molecular flexibility index (Phi) is 3.31. The summed E-state index contributed by atoms with van der Waals surface area (Å²) in [4.78, 5) is 10.9. The van der Waals surface area contributed by atoms with Crippen LogP contribution in [0.4, 0.5) is 0 Å². The molecular formula is C10H13NO2. The summed E-state index contributed by atoms with van der Waals surface area (Å²) in [5, 5.41) is 0. The summed E-state index contributed by atoms with van der Waals surface area (Å²) in [5.41, 5.74) is 0.438. The summed E-state index contributed by atoms with van der Waals surface area (Å²) in [7, 11) is 0. The molecule has 0 amide bonds. The number of aromatic nitrogens is 1. The highest BCUT2D eigenvalue weighted by atomic mass is 16.5. The van der Waals surface area contributed by atoms with E-state index in [1.807, 2.05) is 29.1 Å². The van der Waals surface area contributed by atoms with E-state index >= 15 is 0 Å². The van der Waals surface area contributed by atoms with E-state index in [4.69, 9.17) is 4.74 Å². The fourth-order valence-corrected chi connectivity index (χ4v) is 0.886. The largest absolute Gasteiger partial charge is 0.460 e. The minimum atomic E-state index is -0.327. The van der Waals surface area contributed by atoms with Crippen molar-refractivity contribution in [2.24, 2.45) is 0 Å². The number of hydrogen-bond acceptors (Lipinski definition) is 2. The first kappa shape index (κ1) is 9.58. The normalized spacial score (nSPS) is 9.62. The van der Waals surface area contributed by atoms with Crippen molar-refractivity contribution >= 4 is 5.97 Å². The SMILES string of the molecule is C=C(C)C(=O)OCCn1cccc1. The number of hydrogen-bond donors (Lipinski definition) is 0. The van der Waals surface area contributed by atoms with E-state index in [0.717, 1.165) is 0 Å². The Bertz CT molecular complexity index is 288. The van der Waals surface area contributed by atoms with Crippen LogP contribution in [0.15, 0.2) is 36.7 Å². The molecule has 0 saturated carbocycles. The van der Waals surface area contributed by atoms with Crippen LogP contribution in [0.2, 0.25) is 0 Å².